The van der Waals surface area contributed by atoms with Crippen molar-refractivity contribution in [3.8, 4) is 5.75 Å². The van der Waals surface area contributed by atoms with Crippen LogP contribution >= 0.6 is 39.1 Å². The maximum absolute atomic E-state index is 5.87. The molecular formula is C14H16BrCl2NO. The SMILES string of the molecule is Cc1cc(Br)cc(CNC2CC2)c1OC/C(Cl)=C/Cl. The maximum Gasteiger partial charge on any atom is 0.127 e. The lowest BCUT2D eigenvalue weighted by Crippen LogP contribution is -2.16. The number of rotatable bonds is 6. The van der Waals surface area contributed by atoms with Crippen LogP contribution in [0.1, 0.15) is 24.0 Å². The third-order valence-corrected chi connectivity index (χ3v) is 4.00. The molecule has 0 unspecified atom stereocenters. The summed E-state index contributed by atoms with van der Waals surface area (Å²) in [4.78, 5) is 0. The average molecular weight is 365 g/mol. The quantitative estimate of drug-likeness (QED) is 0.789. The molecule has 1 N–H and O–H groups in total. The van der Waals surface area contributed by atoms with Crippen LogP contribution in [0.5, 0.6) is 5.75 Å². The van der Waals surface area contributed by atoms with Gasteiger partial charge in [-0.05, 0) is 37.5 Å². The molecule has 19 heavy (non-hydrogen) atoms. The lowest BCUT2D eigenvalue weighted by molar-refractivity contribution is 0.351. The summed E-state index contributed by atoms with van der Waals surface area (Å²) in [6.07, 6.45) is 2.54. The number of hydrogen-bond donors (Lipinski definition) is 1. The van der Waals surface area contributed by atoms with E-state index in [0.29, 0.717) is 17.7 Å². The first-order chi connectivity index (χ1) is 9.10. The smallest absolute Gasteiger partial charge is 0.127 e. The molecule has 0 spiro atoms. The van der Waals surface area contributed by atoms with Crippen LogP contribution in [0.15, 0.2) is 27.2 Å². The summed E-state index contributed by atoms with van der Waals surface area (Å²) in [7, 11) is 0. The van der Waals surface area contributed by atoms with Crippen LogP contribution in [0, 0.1) is 6.92 Å². The van der Waals surface area contributed by atoms with Crippen LogP contribution in [0.25, 0.3) is 0 Å². The Morgan fingerprint density at radius 3 is 2.89 bits per heavy atom. The standard InChI is InChI=1S/C14H16BrCl2NO/c1-9-4-11(15)5-10(7-18-13-2-3-13)14(9)19-8-12(17)6-16/h4-6,13,18H,2-3,7-8H2,1H3/b12-6-. The molecule has 1 saturated carbocycles. The van der Waals surface area contributed by atoms with Crippen molar-refractivity contribution in [2.75, 3.05) is 6.61 Å². The molecule has 0 aliphatic heterocycles. The number of benzene rings is 1. The first-order valence-corrected chi connectivity index (χ1v) is 7.81. The Hall–Kier alpha value is -0.220. The van der Waals surface area contributed by atoms with Gasteiger partial charge in [-0.25, -0.2) is 0 Å². The van der Waals surface area contributed by atoms with Gasteiger partial charge in [-0.3, -0.25) is 0 Å². The summed E-state index contributed by atoms with van der Waals surface area (Å²) in [5, 5.41) is 3.99. The highest BCUT2D eigenvalue weighted by molar-refractivity contribution is 9.10. The Morgan fingerprint density at radius 1 is 1.53 bits per heavy atom. The predicted molar refractivity (Wildman–Crippen MR) is 84.0 cm³/mol. The van der Waals surface area contributed by atoms with Gasteiger partial charge in [0.05, 0.1) is 5.03 Å². The first-order valence-electron chi connectivity index (χ1n) is 6.20. The predicted octanol–water partition coefficient (Wildman–Crippen LogP) is 4.71. The number of halogens is 3. The van der Waals surface area contributed by atoms with E-state index < -0.39 is 0 Å². The van der Waals surface area contributed by atoms with Crippen molar-refractivity contribution in [3.63, 3.8) is 0 Å². The van der Waals surface area contributed by atoms with Crippen LogP contribution in [0.2, 0.25) is 0 Å². The Kier molecular flexibility index (Phi) is 5.58. The number of aryl methyl sites for hydroxylation is 1. The lowest BCUT2D eigenvalue weighted by atomic mass is 10.1. The third kappa shape index (κ3) is 4.67. The molecule has 1 aliphatic carbocycles. The summed E-state index contributed by atoms with van der Waals surface area (Å²) in [5.41, 5.74) is 3.55. The second kappa shape index (κ2) is 6.98. The van der Waals surface area contributed by atoms with E-state index in [4.69, 9.17) is 27.9 Å². The second-order valence-electron chi connectivity index (χ2n) is 4.71. The molecule has 2 rings (SSSR count). The van der Waals surface area contributed by atoms with E-state index in [2.05, 4.69) is 27.3 Å². The summed E-state index contributed by atoms with van der Waals surface area (Å²) >= 11 is 14.9. The molecule has 0 heterocycles. The molecule has 1 fully saturated rings. The van der Waals surface area contributed by atoms with Gasteiger partial charge in [0, 0.05) is 28.2 Å². The van der Waals surface area contributed by atoms with Crippen molar-refractivity contribution in [1.82, 2.24) is 5.32 Å². The van der Waals surface area contributed by atoms with Crippen molar-refractivity contribution in [1.29, 1.82) is 0 Å². The number of ether oxygens (including phenoxy) is 1. The van der Waals surface area contributed by atoms with E-state index in [0.717, 1.165) is 27.9 Å². The topological polar surface area (TPSA) is 21.3 Å². The monoisotopic (exact) mass is 363 g/mol. The van der Waals surface area contributed by atoms with Gasteiger partial charge in [0.15, 0.2) is 0 Å². The van der Waals surface area contributed by atoms with Gasteiger partial charge >= 0.3 is 0 Å². The van der Waals surface area contributed by atoms with E-state index in [9.17, 15) is 0 Å². The molecule has 2 nitrogen and oxygen atoms in total. The van der Waals surface area contributed by atoms with Crippen molar-refractivity contribution in [3.05, 3.63) is 38.3 Å². The molecule has 0 saturated heterocycles. The Morgan fingerprint density at radius 2 is 2.26 bits per heavy atom. The minimum Gasteiger partial charge on any atom is -0.487 e. The molecule has 5 heteroatoms. The Labute approximate surface area is 132 Å². The van der Waals surface area contributed by atoms with E-state index >= 15 is 0 Å². The van der Waals surface area contributed by atoms with Crippen LogP contribution in [0.3, 0.4) is 0 Å². The summed E-state index contributed by atoms with van der Waals surface area (Å²) in [5.74, 6) is 0.882. The molecule has 104 valence electrons. The van der Waals surface area contributed by atoms with E-state index in [-0.39, 0.29) is 0 Å². The summed E-state index contributed by atoms with van der Waals surface area (Å²) in [6, 6.07) is 4.78. The largest absolute Gasteiger partial charge is 0.487 e. The van der Waals surface area contributed by atoms with Crippen molar-refractivity contribution >= 4 is 39.1 Å². The second-order valence-corrected chi connectivity index (χ2v) is 6.33. The van der Waals surface area contributed by atoms with Gasteiger partial charge in [-0.15, -0.1) is 0 Å². The number of nitrogens with one attached hydrogen (secondary N) is 1. The van der Waals surface area contributed by atoms with E-state index in [1.807, 2.05) is 13.0 Å². The molecule has 0 aromatic heterocycles. The normalized spacial score (nSPS) is 15.7. The van der Waals surface area contributed by atoms with Crippen molar-refractivity contribution < 1.29 is 4.74 Å². The maximum atomic E-state index is 5.87. The van der Waals surface area contributed by atoms with Crippen LogP contribution in [-0.4, -0.2) is 12.6 Å². The van der Waals surface area contributed by atoms with Gasteiger partial charge in [-0.1, -0.05) is 39.1 Å². The highest BCUT2D eigenvalue weighted by Gasteiger charge is 2.21. The summed E-state index contributed by atoms with van der Waals surface area (Å²) < 4.78 is 6.84. The van der Waals surface area contributed by atoms with Crippen LogP contribution < -0.4 is 10.1 Å². The van der Waals surface area contributed by atoms with E-state index in [1.165, 1.54) is 18.4 Å². The average Bonchev–Trinajstić information content (AvgIpc) is 3.18. The van der Waals surface area contributed by atoms with Crippen LogP contribution in [-0.2, 0) is 6.54 Å². The van der Waals surface area contributed by atoms with Crippen LogP contribution in [0.4, 0.5) is 0 Å². The molecule has 1 aliphatic rings. The van der Waals surface area contributed by atoms with Gasteiger partial charge in [-0.2, -0.15) is 0 Å². The lowest BCUT2D eigenvalue weighted by Gasteiger charge is -2.15. The molecule has 1 aromatic carbocycles. The minimum atomic E-state index is 0.296. The molecular weight excluding hydrogens is 349 g/mol. The fraction of sp³-hybridized carbons (Fsp3) is 0.429. The fourth-order valence-electron chi connectivity index (χ4n) is 1.85. The minimum absolute atomic E-state index is 0.296. The Bertz CT molecular complexity index is 487. The Balaban J connectivity index is 2.12. The summed E-state index contributed by atoms with van der Waals surface area (Å²) in [6.45, 7) is 3.13. The van der Waals surface area contributed by atoms with Gasteiger partial charge in [0.25, 0.3) is 0 Å². The van der Waals surface area contributed by atoms with Crippen molar-refractivity contribution in [2.24, 2.45) is 0 Å². The van der Waals surface area contributed by atoms with Gasteiger partial charge in [0.1, 0.15) is 12.4 Å². The van der Waals surface area contributed by atoms with Crippen molar-refractivity contribution in [2.45, 2.75) is 32.4 Å². The molecule has 0 bridgehead atoms. The highest BCUT2D eigenvalue weighted by atomic mass is 79.9. The fourth-order valence-corrected chi connectivity index (χ4v) is 2.59. The van der Waals surface area contributed by atoms with Gasteiger partial charge in [0.2, 0.25) is 0 Å². The van der Waals surface area contributed by atoms with Gasteiger partial charge < -0.3 is 10.1 Å². The zero-order valence-electron chi connectivity index (χ0n) is 10.7. The molecule has 0 amide bonds. The first kappa shape index (κ1) is 15.2. The molecule has 1 aromatic rings. The zero-order chi connectivity index (χ0) is 13.8. The van der Waals surface area contributed by atoms with E-state index in [1.54, 1.807) is 0 Å². The highest BCUT2D eigenvalue weighted by Crippen LogP contribution is 2.30. The number of hydrogen-bond acceptors (Lipinski definition) is 2. The molecule has 0 atom stereocenters. The third-order valence-electron chi connectivity index (χ3n) is 2.95. The molecule has 0 radical (unpaired) electrons. The zero-order valence-corrected chi connectivity index (χ0v) is 13.8.